The lowest BCUT2D eigenvalue weighted by Crippen LogP contribution is -2.24. The first kappa shape index (κ1) is 20.7. The molecule has 1 saturated carbocycles. The van der Waals surface area contributed by atoms with Gasteiger partial charge in [0.2, 0.25) is 0 Å². The Balaban J connectivity index is 1.57. The molecular weight excluding hydrogens is 375 g/mol. The van der Waals surface area contributed by atoms with E-state index in [1.165, 1.54) is 49.8 Å². The highest BCUT2D eigenvalue weighted by Gasteiger charge is 2.16. The molecule has 4 rings (SSSR count). The van der Waals surface area contributed by atoms with Gasteiger partial charge in [0.25, 0.3) is 0 Å². The largest absolute Gasteiger partial charge is 0.310 e. The molecule has 0 atom stereocenters. The fourth-order valence-electron chi connectivity index (χ4n) is 4.18. The molecule has 0 unspecified atom stereocenters. The van der Waals surface area contributed by atoms with Gasteiger partial charge in [-0.05, 0) is 61.1 Å². The summed E-state index contributed by atoms with van der Waals surface area (Å²) in [6, 6.07) is 14.9. The van der Waals surface area contributed by atoms with Crippen molar-refractivity contribution in [3.8, 4) is 17.1 Å². The van der Waals surface area contributed by atoms with Crippen LogP contribution >= 0.6 is 0 Å². The second-order valence-electron chi connectivity index (χ2n) is 8.65. The van der Waals surface area contributed by atoms with Gasteiger partial charge in [-0.25, -0.2) is 14.1 Å². The van der Waals surface area contributed by atoms with Crippen molar-refractivity contribution in [3.05, 3.63) is 65.7 Å². The zero-order chi connectivity index (χ0) is 20.9. The molecule has 2 aromatic carbocycles. The van der Waals surface area contributed by atoms with E-state index in [2.05, 4.69) is 43.4 Å². The first-order valence-corrected chi connectivity index (χ1v) is 11.1. The van der Waals surface area contributed by atoms with Gasteiger partial charge >= 0.3 is 0 Å². The van der Waals surface area contributed by atoms with Gasteiger partial charge in [0.15, 0.2) is 11.6 Å². The van der Waals surface area contributed by atoms with Gasteiger partial charge in [0.1, 0.15) is 5.82 Å². The van der Waals surface area contributed by atoms with Crippen molar-refractivity contribution in [2.75, 3.05) is 6.54 Å². The van der Waals surface area contributed by atoms with E-state index >= 15 is 0 Å². The lowest BCUT2D eigenvalue weighted by Gasteiger charge is -2.21. The number of nitrogens with zero attached hydrogens (tertiary/aromatic N) is 3. The van der Waals surface area contributed by atoms with E-state index < -0.39 is 0 Å². The standard InChI is InChI=1S/C25H31FN4/c1-18(2)20-8-10-21(11-9-20)25-28-24(17-27-16-19-6-4-3-5-7-19)29-30(25)23-14-12-22(26)13-15-23/h8-15,18-19,27H,3-7,16-17H2,1-2H3. The highest BCUT2D eigenvalue weighted by Crippen LogP contribution is 2.25. The third kappa shape index (κ3) is 4.96. The van der Waals surface area contributed by atoms with Crippen molar-refractivity contribution >= 4 is 0 Å². The summed E-state index contributed by atoms with van der Waals surface area (Å²) in [6.45, 7) is 6.03. The molecule has 1 aromatic heterocycles. The molecule has 0 aliphatic heterocycles. The molecule has 30 heavy (non-hydrogen) atoms. The lowest BCUT2D eigenvalue weighted by molar-refractivity contribution is 0.341. The molecular formula is C25H31FN4. The van der Waals surface area contributed by atoms with Gasteiger partial charge < -0.3 is 5.32 Å². The number of benzene rings is 2. The minimum Gasteiger partial charge on any atom is -0.310 e. The maximum atomic E-state index is 13.4. The fraction of sp³-hybridized carbons (Fsp3) is 0.440. The monoisotopic (exact) mass is 406 g/mol. The van der Waals surface area contributed by atoms with Gasteiger partial charge in [0.05, 0.1) is 12.2 Å². The third-order valence-corrected chi connectivity index (χ3v) is 6.00. The van der Waals surface area contributed by atoms with E-state index in [0.717, 1.165) is 35.4 Å². The highest BCUT2D eigenvalue weighted by atomic mass is 19.1. The summed E-state index contributed by atoms with van der Waals surface area (Å²) in [7, 11) is 0. The summed E-state index contributed by atoms with van der Waals surface area (Å²) in [5, 5.41) is 8.30. The lowest BCUT2D eigenvalue weighted by atomic mass is 9.89. The molecule has 5 heteroatoms. The Bertz CT molecular complexity index is 938. The molecule has 1 aliphatic carbocycles. The fourth-order valence-corrected chi connectivity index (χ4v) is 4.18. The second kappa shape index (κ2) is 9.52. The Morgan fingerprint density at radius 3 is 2.37 bits per heavy atom. The maximum absolute atomic E-state index is 13.4. The molecule has 0 bridgehead atoms. The predicted molar refractivity (Wildman–Crippen MR) is 119 cm³/mol. The van der Waals surface area contributed by atoms with Crippen LogP contribution in [-0.2, 0) is 6.54 Å². The predicted octanol–water partition coefficient (Wildman–Crippen LogP) is 5.87. The molecule has 0 saturated heterocycles. The van der Waals surface area contributed by atoms with Crippen LogP contribution in [0.5, 0.6) is 0 Å². The van der Waals surface area contributed by atoms with Crippen LogP contribution in [-0.4, -0.2) is 21.3 Å². The average Bonchev–Trinajstić information content (AvgIpc) is 3.19. The van der Waals surface area contributed by atoms with Crippen LogP contribution in [0, 0.1) is 11.7 Å². The molecule has 158 valence electrons. The minimum atomic E-state index is -0.254. The van der Waals surface area contributed by atoms with E-state index in [0.29, 0.717) is 12.5 Å². The summed E-state index contributed by atoms with van der Waals surface area (Å²) < 4.78 is 15.3. The van der Waals surface area contributed by atoms with Gasteiger partial charge in [-0.15, -0.1) is 5.10 Å². The zero-order valence-electron chi connectivity index (χ0n) is 17.9. The number of aromatic nitrogens is 3. The van der Waals surface area contributed by atoms with Gasteiger partial charge in [-0.2, -0.15) is 0 Å². The molecule has 1 N–H and O–H groups in total. The van der Waals surface area contributed by atoms with E-state index in [-0.39, 0.29) is 5.82 Å². The topological polar surface area (TPSA) is 42.7 Å². The van der Waals surface area contributed by atoms with Crippen molar-refractivity contribution < 1.29 is 4.39 Å². The van der Waals surface area contributed by atoms with E-state index in [1.54, 1.807) is 12.1 Å². The summed E-state index contributed by atoms with van der Waals surface area (Å²) in [6.07, 6.45) is 6.70. The minimum absolute atomic E-state index is 0.254. The zero-order valence-corrected chi connectivity index (χ0v) is 17.9. The highest BCUT2D eigenvalue weighted by molar-refractivity contribution is 5.58. The quantitative estimate of drug-likeness (QED) is 0.534. The number of hydrogen-bond acceptors (Lipinski definition) is 3. The van der Waals surface area contributed by atoms with E-state index in [9.17, 15) is 4.39 Å². The summed E-state index contributed by atoms with van der Waals surface area (Å²) in [5.74, 6) is 2.54. The number of nitrogens with one attached hydrogen (secondary N) is 1. The van der Waals surface area contributed by atoms with Crippen LogP contribution in [0.25, 0.3) is 17.1 Å². The Kier molecular flexibility index (Phi) is 6.58. The van der Waals surface area contributed by atoms with Crippen LogP contribution < -0.4 is 5.32 Å². The third-order valence-electron chi connectivity index (χ3n) is 6.00. The van der Waals surface area contributed by atoms with Crippen molar-refractivity contribution in [1.82, 2.24) is 20.1 Å². The van der Waals surface area contributed by atoms with Crippen molar-refractivity contribution in [1.29, 1.82) is 0 Å². The van der Waals surface area contributed by atoms with Crippen molar-refractivity contribution in [2.45, 2.75) is 58.4 Å². The first-order chi connectivity index (χ1) is 14.6. The van der Waals surface area contributed by atoms with Gasteiger partial charge in [0, 0.05) is 5.56 Å². The normalized spacial score (nSPS) is 15.1. The average molecular weight is 407 g/mol. The van der Waals surface area contributed by atoms with Crippen LogP contribution in [0.1, 0.15) is 63.3 Å². The van der Waals surface area contributed by atoms with Crippen molar-refractivity contribution in [2.24, 2.45) is 5.92 Å². The summed E-state index contributed by atoms with van der Waals surface area (Å²) in [5.41, 5.74) is 3.11. The van der Waals surface area contributed by atoms with E-state index in [1.807, 2.05) is 4.68 Å². The summed E-state index contributed by atoms with van der Waals surface area (Å²) >= 11 is 0. The molecule has 4 nitrogen and oxygen atoms in total. The van der Waals surface area contributed by atoms with Crippen LogP contribution in [0.4, 0.5) is 4.39 Å². The SMILES string of the molecule is CC(C)c1ccc(-c2nc(CNCC3CCCCC3)nn2-c2ccc(F)cc2)cc1. The summed E-state index contributed by atoms with van der Waals surface area (Å²) in [4.78, 5) is 4.83. The van der Waals surface area contributed by atoms with Gasteiger partial charge in [-0.3, -0.25) is 0 Å². The molecule has 3 aromatic rings. The molecule has 0 spiro atoms. The number of rotatable bonds is 7. The smallest absolute Gasteiger partial charge is 0.165 e. The molecule has 0 amide bonds. The van der Waals surface area contributed by atoms with Crippen LogP contribution in [0.3, 0.4) is 0 Å². The van der Waals surface area contributed by atoms with E-state index in [4.69, 9.17) is 10.1 Å². The van der Waals surface area contributed by atoms with Crippen LogP contribution in [0.15, 0.2) is 48.5 Å². The molecule has 0 radical (unpaired) electrons. The Labute approximate surface area is 178 Å². The Morgan fingerprint density at radius 2 is 1.70 bits per heavy atom. The molecule has 1 heterocycles. The number of hydrogen-bond donors (Lipinski definition) is 1. The molecule has 1 fully saturated rings. The first-order valence-electron chi connectivity index (χ1n) is 11.1. The Hall–Kier alpha value is -2.53. The van der Waals surface area contributed by atoms with Gasteiger partial charge in [-0.1, -0.05) is 57.4 Å². The number of halogens is 1. The van der Waals surface area contributed by atoms with Crippen LogP contribution in [0.2, 0.25) is 0 Å². The second-order valence-corrected chi connectivity index (χ2v) is 8.65. The van der Waals surface area contributed by atoms with Crippen molar-refractivity contribution in [3.63, 3.8) is 0 Å². The molecule has 1 aliphatic rings. The Morgan fingerprint density at radius 1 is 1.00 bits per heavy atom. The maximum Gasteiger partial charge on any atom is 0.165 e.